The van der Waals surface area contributed by atoms with E-state index < -0.39 is 17.4 Å². The molecule has 0 saturated carbocycles. The van der Waals surface area contributed by atoms with E-state index in [9.17, 15) is 13.6 Å². The molecule has 5 heteroatoms. The van der Waals surface area contributed by atoms with Crippen molar-refractivity contribution >= 4 is 21.7 Å². The molecule has 0 aliphatic rings. The smallest absolute Gasteiger partial charge is 0.173 e. The lowest BCUT2D eigenvalue weighted by Crippen LogP contribution is -2.09. The summed E-state index contributed by atoms with van der Waals surface area (Å²) in [6, 6.07) is 8.55. The third-order valence-corrected chi connectivity index (χ3v) is 3.74. The van der Waals surface area contributed by atoms with Crippen LogP contribution in [0, 0.1) is 11.6 Å². The summed E-state index contributed by atoms with van der Waals surface area (Å²) in [6.45, 7) is 0. The van der Waals surface area contributed by atoms with E-state index in [1.54, 1.807) is 6.07 Å². The van der Waals surface area contributed by atoms with Gasteiger partial charge in [-0.3, -0.25) is 4.79 Å². The number of ether oxygens (including phenoxy) is 1. The molecular formula is C15H11BrF2O2. The Kier molecular flexibility index (Phi) is 4.49. The minimum atomic E-state index is -0.651. The molecule has 20 heavy (non-hydrogen) atoms. The molecule has 0 radical (unpaired) electrons. The van der Waals surface area contributed by atoms with Gasteiger partial charge in [-0.05, 0) is 39.7 Å². The van der Waals surface area contributed by atoms with E-state index in [-0.39, 0.29) is 22.2 Å². The average molecular weight is 341 g/mol. The molecule has 0 atom stereocenters. The number of Topliss-reactive ketones (excluding diaryl/α,β-unsaturated/α-hetero) is 1. The summed E-state index contributed by atoms with van der Waals surface area (Å²) in [7, 11) is 1.36. The van der Waals surface area contributed by atoms with Gasteiger partial charge in [-0.1, -0.05) is 18.2 Å². The highest BCUT2D eigenvalue weighted by atomic mass is 79.9. The SMILES string of the molecule is COc1cccc(F)c1C(=O)Cc1cccc(F)c1Br. The number of hydrogen-bond donors (Lipinski definition) is 0. The fraction of sp³-hybridized carbons (Fsp3) is 0.133. The number of carbonyl (C=O) groups is 1. The number of methoxy groups -OCH3 is 1. The number of carbonyl (C=O) groups excluding carboxylic acids is 1. The van der Waals surface area contributed by atoms with Crippen molar-refractivity contribution in [2.24, 2.45) is 0 Å². The molecule has 0 saturated heterocycles. The summed E-state index contributed by atoms with van der Waals surface area (Å²) in [5.41, 5.74) is 0.339. The van der Waals surface area contributed by atoms with Crippen molar-refractivity contribution in [1.29, 1.82) is 0 Å². The van der Waals surface area contributed by atoms with Crippen LogP contribution in [-0.2, 0) is 6.42 Å². The van der Waals surface area contributed by atoms with Crippen LogP contribution < -0.4 is 4.74 Å². The van der Waals surface area contributed by atoms with Gasteiger partial charge in [0.25, 0.3) is 0 Å². The second kappa shape index (κ2) is 6.13. The fourth-order valence-corrected chi connectivity index (χ4v) is 2.30. The fourth-order valence-electron chi connectivity index (χ4n) is 1.89. The van der Waals surface area contributed by atoms with Gasteiger partial charge in [0.15, 0.2) is 5.78 Å². The van der Waals surface area contributed by atoms with Crippen molar-refractivity contribution in [2.45, 2.75) is 6.42 Å². The molecule has 0 N–H and O–H groups in total. The molecule has 104 valence electrons. The van der Waals surface area contributed by atoms with Crippen LogP contribution in [0.25, 0.3) is 0 Å². The summed E-state index contributed by atoms with van der Waals surface area (Å²) in [6.07, 6.45) is -0.115. The van der Waals surface area contributed by atoms with Gasteiger partial charge in [-0.2, -0.15) is 0 Å². The van der Waals surface area contributed by atoms with Gasteiger partial charge in [0.05, 0.1) is 17.1 Å². The second-order valence-electron chi connectivity index (χ2n) is 4.13. The van der Waals surface area contributed by atoms with Crippen LogP contribution in [0.5, 0.6) is 5.75 Å². The lowest BCUT2D eigenvalue weighted by Gasteiger charge is -2.09. The Balaban J connectivity index is 2.36. The van der Waals surface area contributed by atoms with E-state index in [1.165, 1.54) is 37.4 Å². The predicted molar refractivity (Wildman–Crippen MR) is 75.1 cm³/mol. The molecule has 2 nitrogen and oxygen atoms in total. The van der Waals surface area contributed by atoms with Crippen molar-refractivity contribution in [2.75, 3.05) is 7.11 Å². The van der Waals surface area contributed by atoms with Gasteiger partial charge in [0.2, 0.25) is 0 Å². The minimum Gasteiger partial charge on any atom is -0.496 e. The quantitative estimate of drug-likeness (QED) is 0.781. The van der Waals surface area contributed by atoms with Gasteiger partial charge < -0.3 is 4.74 Å². The molecule has 0 fully saturated rings. The third kappa shape index (κ3) is 2.88. The Morgan fingerprint density at radius 1 is 1.15 bits per heavy atom. The zero-order valence-electron chi connectivity index (χ0n) is 10.6. The number of rotatable bonds is 4. The largest absolute Gasteiger partial charge is 0.496 e. The highest BCUT2D eigenvalue weighted by Gasteiger charge is 2.19. The zero-order chi connectivity index (χ0) is 14.7. The van der Waals surface area contributed by atoms with Crippen LogP contribution in [0.4, 0.5) is 8.78 Å². The van der Waals surface area contributed by atoms with Crippen molar-refractivity contribution in [1.82, 2.24) is 0 Å². The Bertz CT molecular complexity index is 656. The van der Waals surface area contributed by atoms with Crippen LogP contribution >= 0.6 is 15.9 Å². The first-order valence-corrected chi connectivity index (χ1v) is 6.62. The lowest BCUT2D eigenvalue weighted by atomic mass is 10.0. The summed E-state index contributed by atoms with van der Waals surface area (Å²) in [5.74, 6) is -1.41. The van der Waals surface area contributed by atoms with Gasteiger partial charge >= 0.3 is 0 Å². The first-order chi connectivity index (χ1) is 9.54. The monoisotopic (exact) mass is 340 g/mol. The van der Waals surface area contributed by atoms with Gasteiger partial charge in [0, 0.05) is 6.42 Å². The molecule has 0 spiro atoms. The maximum atomic E-state index is 13.8. The maximum absolute atomic E-state index is 13.8. The molecule has 0 aliphatic carbocycles. The van der Waals surface area contributed by atoms with E-state index >= 15 is 0 Å². The topological polar surface area (TPSA) is 26.3 Å². The van der Waals surface area contributed by atoms with Crippen molar-refractivity contribution < 1.29 is 18.3 Å². The van der Waals surface area contributed by atoms with E-state index in [0.29, 0.717) is 5.56 Å². The molecule has 0 heterocycles. The molecule has 0 bridgehead atoms. The van der Waals surface area contributed by atoms with Crippen molar-refractivity contribution in [3.8, 4) is 5.75 Å². The Morgan fingerprint density at radius 2 is 1.80 bits per heavy atom. The summed E-state index contributed by atoms with van der Waals surface area (Å²) < 4.78 is 32.4. The Morgan fingerprint density at radius 3 is 2.50 bits per heavy atom. The molecule has 2 aromatic rings. The second-order valence-corrected chi connectivity index (χ2v) is 4.92. The molecule has 2 aromatic carbocycles. The van der Waals surface area contributed by atoms with Crippen molar-refractivity contribution in [3.63, 3.8) is 0 Å². The summed E-state index contributed by atoms with van der Waals surface area (Å²) in [4.78, 5) is 12.2. The molecule has 0 unspecified atom stereocenters. The van der Waals surface area contributed by atoms with Crippen molar-refractivity contribution in [3.05, 3.63) is 63.6 Å². The van der Waals surface area contributed by atoms with Crippen LogP contribution in [-0.4, -0.2) is 12.9 Å². The van der Waals surface area contributed by atoms with E-state index in [0.717, 1.165) is 0 Å². The van der Waals surface area contributed by atoms with Gasteiger partial charge in [-0.25, -0.2) is 8.78 Å². The van der Waals surface area contributed by atoms with E-state index in [4.69, 9.17) is 4.74 Å². The van der Waals surface area contributed by atoms with Crippen LogP contribution in [0.15, 0.2) is 40.9 Å². The van der Waals surface area contributed by atoms with Crippen LogP contribution in [0.3, 0.4) is 0 Å². The molecule has 0 aromatic heterocycles. The maximum Gasteiger partial charge on any atom is 0.173 e. The molecule has 0 aliphatic heterocycles. The summed E-state index contributed by atoms with van der Waals surface area (Å²) in [5, 5.41) is 0. The first kappa shape index (κ1) is 14.7. The number of ketones is 1. The number of benzene rings is 2. The molecule has 2 rings (SSSR count). The number of hydrogen-bond acceptors (Lipinski definition) is 2. The highest BCUT2D eigenvalue weighted by molar-refractivity contribution is 9.10. The molecular weight excluding hydrogens is 330 g/mol. The summed E-state index contributed by atoms with van der Waals surface area (Å²) >= 11 is 3.08. The van der Waals surface area contributed by atoms with Crippen LogP contribution in [0.1, 0.15) is 15.9 Å². The zero-order valence-corrected chi connectivity index (χ0v) is 12.2. The first-order valence-electron chi connectivity index (χ1n) is 5.83. The van der Waals surface area contributed by atoms with E-state index in [2.05, 4.69) is 15.9 Å². The minimum absolute atomic E-state index is 0.115. The molecule has 0 amide bonds. The third-order valence-electron chi connectivity index (χ3n) is 2.86. The average Bonchev–Trinajstić information content (AvgIpc) is 2.43. The van der Waals surface area contributed by atoms with Crippen LogP contribution in [0.2, 0.25) is 0 Å². The van der Waals surface area contributed by atoms with Gasteiger partial charge in [0.1, 0.15) is 17.4 Å². The number of halogens is 3. The lowest BCUT2D eigenvalue weighted by molar-refractivity contribution is 0.0985. The predicted octanol–water partition coefficient (Wildman–Crippen LogP) is 4.16. The van der Waals surface area contributed by atoms with Gasteiger partial charge in [-0.15, -0.1) is 0 Å². The van der Waals surface area contributed by atoms with E-state index in [1.807, 2.05) is 0 Å². The Labute approximate surface area is 123 Å². The normalized spacial score (nSPS) is 10.4. The standard InChI is InChI=1S/C15H11BrF2O2/c1-20-13-7-3-5-10(17)14(13)12(19)8-9-4-2-6-11(18)15(9)16/h2-7H,8H2,1H3. The highest BCUT2D eigenvalue weighted by Crippen LogP contribution is 2.26. The Hall–Kier alpha value is -1.75.